The first-order chi connectivity index (χ1) is 10.2. The van der Waals surface area contributed by atoms with Crippen LogP contribution < -0.4 is 10.4 Å². The van der Waals surface area contributed by atoms with E-state index in [1.807, 2.05) is 0 Å². The van der Waals surface area contributed by atoms with Gasteiger partial charge in [0.05, 0.1) is 11.2 Å². The minimum absolute atomic E-state index is 0.260. The Labute approximate surface area is 135 Å². The van der Waals surface area contributed by atoms with Gasteiger partial charge in [-0.1, -0.05) is 12.1 Å². The molecular formula is C18H28BNO2. The summed E-state index contributed by atoms with van der Waals surface area (Å²) in [7, 11) is -0.260. The standard InChI is InChI=1S/C18H28BNO2/c1-13(2)20-11-7-8-14-12-15(9-10-16(14)20)19-21-17(3,4)18(5,6)22-19/h9-10,12-13H,7-8,11H2,1-6H3. The second kappa shape index (κ2) is 5.28. The van der Waals surface area contributed by atoms with Gasteiger partial charge >= 0.3 is 7.12 Å². The molecule has 0 amide bonds. The third-order valence-corrected chi connectivity index (χ3v) is 5.41. The molecule has 0 atom stereocenters. The molecule has 0 saturated carbocycles. The van der Waals surface area contributed by atoms with Crippen molar-refractivity contribution in [2.24, 2.45) is 0 Å². The highest BCUT2D eigenvalue weighted by Gasteiger charge is 2.51. The monoisotopic (exact) mass is 301 g/mol. The van der Waals surface area contributed by atoms with E-state index in [4.69, 9.17) is 9.31 Å². The van der Waals surface area contributed by atoms with E-state index in [0.717, 1.165) is 18.4 Å². The lowest BCUT2D eigenvalue weighted by Crippen LogP contribution is -2.41. The zero-order chi connectivity index (χ0) is 16.1. The predicted octanol–water partition coefficient (Wildman–Crippen LogP) is 3.15. The number of rotatable bonds is 2. The molecule has 0 N–H and O–H groups in total. The van der Waals surface area contributed by atoms with Gasteiger partial charge in [0.1, 0.15) is 0 Å². The smallest absolute Gasteiger partial charge is 0.399 e. The highest BCUT2D eigenvalue weighted by atomic mass is 16.7. The van der Waals surface area contributed by atoms with Crippen molar-refractivity contribution < 1.29 is 9.31 Å². The Morgan fingerprint density at radius 1 is 1.09 bits per heavy atom. The summed E-state index contributed by atoms with van der Waals surface area (Å²) in [4.78, 5) is 2.49. The Kier molecular flexibility index (Phi) is 3.81. The van der Waals surface area contributed by atoms with E-state index < -0.39 is 0 Å². The summed E-state index contributed by atoms with van der Waals surface area (Å²) in [6, 6.07) is 7.24. The molecule has 0 unspecified atom stereocenters. The second-order valence-electron chi connectivity index (χ2n) is 7.87. The van der Waals surface area contributed by atoms with Crippen LogP contribution in [0.25, 0.3) is 0 Å². The number of anilines is 1. The van der Waals surface area contributed by atoms with Crippen molar-refractivity contribution >= 4 is 18.3 Å². The zero-order valence-electron chi connectivity index (χ0n) is 14.8. The molecule has 0 spiro atoms. The highest BCUT2D eigenvalue weighted by molar-refractivity contribution is 6.62. The highest BCUT2D eigenvalue weighted by Crippen LogP contribution is 2.37. The number of aryl methyl sites for hydroxylation is 1. The lowest BCUT2D eigenvalue weighted by Gasteiger charge is -2.35. The molecule has 3 rings (SSSR count). The fraction of sp³-hybridized carbons (Fsp3) is 0.667. The molecule has 0 bridgehead atoms. The maximum Gasteiger partial charge on any atom is 0.494 e. The van der Waals surface area contributed by atoms with Crippen LogP contribution in [0.4, 0.5) is 5.69 Å². The molecule has 120 valence electrons. The van der Waals surface area contributed by atoms with Crippen LogP contribution in [0, 0.1) is 0 Å². The van der Waals surface area contributed by atoms with E-state index in [0.29, 0.717) is 6.04 Å². The first kappa shape index (κ1) is 15.9. The zero-order valence-corrected chi connectivity index (χ0v) is 14.8. The van der Waals surface area contributed by atoms with Gasteiger partial charge in [0.25, 0.3) is 0 Å². The van der Waals surface area contributed by atoms with Crippen molar-refractivity contribution in [3.05, 3.63) is 23.8 Å². The summed E-state index contributed by atoms with van der Waals surface area (Å²) in [5, 5.41) is 0. The van der Waals surface area contributed by atoms with Crippen molar-refractivity contribution in [3.63, 3.8) is 0 Å². The van der Waals surface area contributed by atoms with E-state index >= 15 is 0 Å². The molecule has 2 aliphatic heterocycles. The van der Waals surface area contributed by atoms with Crippen LogP contribution in [-0.4, -0.2) is 30.9 Å². The maximum absolute atomic E-state index is 6.18. The van der Waals surface area contributed by atoms with Crippen LogP contribution in [0.2, 0.25) is 0 Å². The van der Waals surface area contributed by atoms with E-state index in [1.165, 1.54) is 17.7 Å². The van der Waals surface area contributed by atoms with Gasteiger partial charge in [-0.25, -0.2) is 0 Å². The number of benzene rings is 1. The van der Waals surface area contributed by atoms with Gasteiger partial charge in [0.15, 0.2) is 0 Å². The van der Waals surface area contributed by atoms with Crippen molar-refractivity contribution in [3.8, 4) is 0 Å². The summed E-state index contributed by atoms with van der Waals surface area (Å²) in [5.74, 6) is 0. The summed E-state index contributed by atoms with van der Waals surface area (Å²) < 4.78 is 12.4. The first-order valence-electron chi connectivity index (χ1n) is 8.46. The third kappa shape index (κ3) is 2.57. The molecule has 2 heterocycles. The van der Waals surface area contributed by atoms with Gasteiger partial charge in [-0.2, -0.15) is 0 Å². The van der Waals surface area contributed by atoms with Gasteiger partial charge in [-0.3, -0.25) is 0 Å². The second-order valence-corrected chi connectivity index (χ2v) is 7.87. The number of hydrogen-bond donors (Lipinski definition) is 0. The average molecular weight is 301 g/mol. The molecule has 22 heavy (non-hydrogen) atoms. The van der Waals surface area contributed by atoms with Crippen molar-refractivity contribution in [2.75, 3.05) is 11.4 Å². The van der Waals surface area contributed by atoms with E-state index in [-0.39, 0.29) is 18.3 Å². The molecule has 0 aromatic heterocycles. The number of fused-ring (bicyclic) bond motifs is 1. The van der Waals surface area contributed by atoms with Gasteiger partial charge < -0.3 is 14.2 Å². The lowest BCUT2D eigenvalue weighted by molar-refractivity contribution is 0.00578. The quantitative estimate of drug-likeness (QED) is 0.783. The molecule has 2 aliphatic rings. The van der Waals surface area contributed by atoms with Crippen LogP contribution >= 0.6 is 0 Å². The van der Waals surface area contributed by atoms with Crippen LogP contribution in [0.3, 0.4) is 0 Å². The molecule has 1 aromatic rings. The van der Waals surface area contributed by atoms with Gasteiger partial charge in [-0.15, -0.1) is 0 Å². The third-order valence-electron chi connectivity index (χ3n) is 5.41. The lowest BCUT2D eigenvalue weighted by atomic mass is 9.77. The molecule has 1 saturated heterocycles. The summed E-state index contributed by atoms with van der Waals surface area (Å²) in [5.41, 5.74) is 3.38. The fourth-order valence-corrected chi connectivity index (χ4v) is 3.31. The molecule has 3 nitrogen and oxygen atoms in total. The largest absolute Gasteiger partial charge is 0.494 e. The number of nitrogens with zero attached hydrogens (tertiary/aromatic N) is 1. The Morgan fingerprint density at radius 2 is 1.73 bits per heavy atom. The minimum atomic E-state index is -0.280. The number of hydrogen-bond acceptors (Lipinski definition) is 3. The van der Waals surface area contributed by atoms with Crippen LogP contribution in [0.15, 0.2) is 18.2 Å². The Balaban J connectivity index is 1.89. The Morgan fingerprint density at radius 3 is 2.32 bits per heavy atom. The van der Waals surface area contributed by atoms with Gasteiger partial charge in [0.2, 0.25) is 0 Å². The summed E-state index contributed by atoms with van der Waals surface area (Å²) in [6.45, 7) is 14.1. The van der Waals surface area contributed by atoms with Gasteiger partial charge in [0, 0.05) is 18.3 Å². The van der Waals surface area contributed by atoms with E-state index in [2.05, 4.69) is 64.6 Å². The van der Waals surface area contributed by atoms with E-state index in [1.54, 1.807) is 0 Å². The molecule has 0 radical (unpaired) electrons. The fourth-order valence-electron chi connectivity index (χ4n) is 3.31. The minimum Gasteiger partial charge on any atom is -0.399 e. The molecule has 0 aliphatic carbocycles. The van der Waals surface area contributed by atoms with Crippen molar-refractivity contribution in [1.29, 1.82) is 0 Å². The van der Waals surface area contributed by atoms with Crippen molar-refractivity contribution in [1.82, 2.24) is 0 Å². The Hall–Kier alpha value is -0.995. The molecular weight excluding hydrogens is 273 g/mol. The average Bonchev–Trinajstić information content (AvgIpc) is 2.66. The predicted molar refractivity (Wildman–Crippen MR) is 93.0 cm³/mol. The van der Waals surface area contributed by atoms with Crippen molar-refractivity contribution in [2.45, 2.75) is 71.6 Å². The molecule has 1 aromatic carbocycles. The topological polar surface area (TPSA) is 21.7 Å². The van der Waals surface area contributed by atoms with E-state index in [9.17, 15) is 0 Å². The normalized spacial score (nSPS) is 23.0. The molecule has 1 fully saturated rings. The maximum atomic E-state index is 6.18. The molecule has 4 heteroatoms. The van der Waals surface area contributed by atoms with Crippen LogP contribution in [0.5, 0.6) is 0 Å². The summed E-state index contributed by atoms with van der Waals surface area (Å²) in [6.07, 6.45) is 2.36. The van der Waals surface area contributed by atoms with Crippen LogP contribution in [-0.2, 0) is 15.7 Å². The first-order valence-corrected chi connectivity index (χ1v) is 8.46. The van der Waals surface area contributed by atoms with Crippen LogP contribution in [0.1, 0.15) is 53.5 Å². The summed E-state index contributed by atoms with van der Waals surface area (Å²) >= 11 is 0. The SMILES string of the molecule is CC(C)N1CCCc2cc(B3OC(C)(C)C(C)(C)O3)ccc21. The Bertz CT molecular complexity index is 552. The van der Waals surface area contributed by atoms with Gasteiger partial charge in [-0.05, 0) is 71.5 Å².